The van der Waals surface area contributed by atoms with Crippen LogP contribution in [0.3, 0.4) is 0 Å². The van der Waals surface area contributed by atoms with Gasteiger partial charge in [0.15, 0.2) is 4.75 Å². The number of piperidine rings is 1. The van der Waals surface area contributed by atoms with Crippen molar-refractivity contribution >= 4 is 15.9 Å². The van der Waals surface area contributed by atoms with Gasteiger partial charge in [0, 0.05) is 30.7 Å². The maximum absolute atomic E-state index is 12.9. The summed E-state index contributed by atoms with van der Waals surface area (Å²) in [6.45, 7) is 11.8. The van der Waals surface area contributed by atoms with Crippen molar-refractivity contribution in [1.82, 2.24) is 14.9 Å². The number of hydrogen-bond acceptors (Lipinski definition) is 4. The lowest BCUT2D eigenvalue weighted by Gasteiger charge is -2.40. The van der Waals surface area contributed by atoms with Crippen molar-refractivity contribution < 1.29 is 13.2 Å². The van der Waals surface area contributed by atoms with E-state index in [2.05, 4.69) is 28.8 Å². The molecule has 1 heterocycles. The van der Waals surface area contributed by atoms with E-state index in [-0.39, 0.29) is 11.9 Å². The highest BCUT2D eigenvalue weighted by Gasteiger charge is 2.62. The third kappa shape index (κ3) is 3.60. The molecule has 3 fully saturated rings. The molecule has 1 unspecified atom stereocenters. The maximum atomic E-state index is 12.9. The van der Waals surface area contributed by atoms with Crippen LogP contribution in [0.4, 0.5) is 0 Å². The Morgan fingerprint density at radius 1 is 1.12 bits per heavy atom. The molecule has 7 heteroatoms. The molecule has 0 spiro atoms. The van der Waals surface area contributed by atoms with Gasteiger partial charge in [-0.2, -0.15) is 0 Å². The molecular weight excluding hydrogens is 338 g/mol. The predicted molar refractivity (Wildman–Crippen MR) is 98.6 cm³/mol. The Kier molecular flexibility index (Phi) is 4.74. The summed E-state index contributed by atoms with van der Waals surface area (Å²) in [5.74, 6) is 0.600. The van der Waals surface area contributed by atoms with Crippen LogP contribution < -0.4 is 10.0 Å². The SMILES string of the molecule is CC(C)N1C[C@H]2CC[C@@H](C1)C2NC(=O)C1(S(=O)(=O)NC(C)(C)C)CC1. The van der Waals surface area contributed by atoms with E-state index in [4.69, 9.17) is 0 Å². The molecule has 3 aliphatic rings. The Balaban J connectivity index is 1.69. The summed E-state index contributed by atoms with van der Waals surface area (Å²) in [5.41, 5.74) is -0.573. The molecule has 2 aliphatic carbocycles. The van der Waals surface area contributed by atoms with Crippen molar-refractivity contribution in [3.05, 3.63) is 0 Å². The number of carbonyl (C=O) groups excluding carboxylic acids is 1. The van der Waals surface area contributed by atoms with Gasteiger partial charge >= 0.3 is 0 Å². The molecule has 2 N–H and O–H groups in total. The number of rotatable bonds is 5. The molecule has 1 amide bonds. The van der Waals surface area contributed by atoms with Gasteiger partial charge in [0.2, 0.25) is 15.9 Å². The van der Waals surface area contributed by atoms with Crippen LogP contribution in [-0.2, 0) is 14.8 Å². The molecule has 2 bridgehead atoms. The minimum atomic E-state index is -3.67. The number of likely N-dealkylation sites (tertiary alicyclic amines) is 1. The standard InChI is InChI=1S/C18H33N3O3S/c1-12(2)21-10-13-6-7-14(11-21)15(13)19-16(22)18(8-9-18)25(23,24)20-17(3,4)5/h12-15,20H,6-11H2,1-5H3,(H,19,22)/t13-,14+,15?. The van der Waals surface area contributed by atoms with Crippen LogP contribution in [-0.4, -0.2) is 54.7 Å². The van der Waals surface area contributed by atoms with Gasteiger partial charge in [0.1, 0.15) is 0 Å². The van der Waals surface area contributed by atoms with Crippen LogP contribution in [0.5, 0.6) is 0 Å². The van der Waals surface area contributed by atoms with Crippen molar-refractivity contribution in [3.8, 4) is 0 Å². The molecule has 0 aromatic carbocycles. The molecule has 25 heavy (non-hydrogen) atoms. The number of carbonyl (C=O) groups is 1. The Morgan fingerprint density at radius 3 is 2.04 bits per heavy atom. The summed E-state index contributed by atoms with van der Waals surface area (Å²) in [7, 11) is -3.67. The highest BCUT2D eigenvalue weighted by molar-refractivity contribution is 7.92. The fourth-order valence-electron chi connectivity index (χ4n) is 4.43. The van der Waals surface area contributed by atoms with E-state index in [9.17, 15) is 13.2 Å². The second-order valence-corrected chi connectivity index (χ2v) is 11.5. The number of nitrogens with zero attached hydrogens (tertiary/aromatic N) is 1. The first-order valence-electron chi connectivity index (χ1n) is 9.54. The van der Waals surface area contributed by atoms with Gasteiger partial charge in [-0.15, -0.1) is 0 Å². The van der Waals surface area contributed by atoms with Gasteiger partial charge in [-0.3, -0.25) is 4.79 Å². The Hall–Kier alpha value is -0.660. The highest BCUT2D eigenvalue weighted by Crippen LogP contribution is 2.45. The number of sulfonamides is 1. The normalized spacial score (nSPS) is 32.0. The Bertz CT molecular complexity index is 620. The van der Waals surface area contributed by atoms with Crippen LogP contribution >= 0.6 is 0 Å². The predicted octanol–water partition coefficient (Wildman–Crippen LogP) is 1.47. The first kappa shape index (κ1) is 19.1. The monoisotopic (exact) mass is 371 g/mol. The topological polar surface area (TPSA) is 78.5 Å². The second-order valence-electron chi connectivity index (χ2n) is 9.49. The quantitative estimate of drug-likeness (QED) is 0.767. The fraction of sp³-hybridized carbons (Fsp3) is 0.944. The van der Waals surface area contributed by atoms with Crippen molar-refractivity contribution in [1.29, 1.82) is 0 Å². The minimum absolute atomic E-state index is 0.129. The van der Waals surface area contributed by atoms with E-state index in [1.807, 2.05) is 0 Å². The van der Waals surface area contributed by atoms with Crippen LogP contribution in [0.1, 0.15) is 60.3 Å². The second kappa shape index (κ2) is 6.20. The molecule has 0 radical (unpaired) electrons. The van der Waals surface area contributed by atoms with E-state index in [1.165, 1.54) is 0 Å². The molecule has 144 valence electrons. The summed E-state index contributed by atoms with van der Waals surface area (Å²) in [6.07, 6.45) is 3.09. The van der Waals surface area contributed by atoms with E-state index in [0.29, 0.717) is 30.7 Å². The lowest BCUT2D eigenvalue weighted by Crippen LogP contribution is -2.58. The van der Waals surface area contributed by atoms with Gasteiger partial charge in [-0.05, 0) is 72.1 Å². The Morgan fingerprint density at radius 2 is 1.64 bits per heavy atom. The average molecular weight is 372 g/mol. The van der Waals surface area contributed by atoms with Crippen LogP contribution in [0, 0.1) is 11.8 Å². The summed E-state index contributed by atoms with van der Waals surface area (Å²) in [5, 5.41) is 3.15. The van der Waals surface area contributed by atoms with E-state index in [0.717, 1.165) is 25.9 Å². The van der Waals surface area contributed by atoms with Gasteiger partial charge in [-0.1, -0.05) is 0 Å². The first-order valence-corrected chi connectivity index (χ1v) is 11.0. The first-order chi connectivity index (χ1) is 11.5. The largest absolute Gasteiger partial charge is 0.351 e. The number of amides is 1. The zero-order valence-corrected chi connectivity index (χ0v) is 16.9. The third-order valence-corrected chi connectivity index (χ3v) is 8.47. The smallest absolute Gasteiger partial charge is 0.243 e. The molecule has 3 atom stereocenters. The lowest BCUT2D eigenvalue weighted by molar-refractivity contribution is -0.123. The maximum Gasteiger partial charge on any atom is 0.243 e. The van der Waals surface area contributed by atoms with Crippen LogP contribution in [0.25, 0.3) is 0 Å². The number of nitrogens with one attached hydrogen (secondary N) is 2. The molecule has 3 rings (SSSR count). The van der Waals surface area contributed by atoms with Gasteiger partial charge in [0.25, 0.3) is 0 Å². The van der Waals surface area contributed by atoms with Crippen molar-refractivity contribution in [3.63, 3.8) is 0 Å². The average Bonchev–Trinajstić information content (AvgIpc) is 3.23. The van der Waals surface area contributed by atoms with Crippen LogP contribution in [0.15, 0.2) is 0 Å². The molecule has 0 aromatic rings. The Labute approximate surface area is 152 Å². The van der Waals surface area contributed by atoms with E-state index >= 15 is 0 Å². The van der Waals surface area contributed by atoms with Gasteiger partial charge in [0.05, 0.1) is 0 Å². The van der Waals surface area contributed by atoms with E-state index < -0.39 is 20.3 Å². The van der Waals surface area contributed by atoms with Crippen molar-refractivity contribution in [2.24, 2.45) is 11.8 Å². The highest BCUT2D eigenvalue weighted by atomic mass is 32.2. The van der Waals surface area contributed by atoms with Crippen molar-refractivity contribution in [2.75, 3.05) is 13.1 Å². The minimum Gasteiger partial charge on any atom is -0.351 e. The number of hydrogen-bond donors (Lipinski definition) is 2. The zero-order chi connectivity index (χ0) is 18.6. The third-order valence-electron chi connectivity index (χ3n) is 5.96. The number of fused-ring (bicyclic) bond motifs is 2. The zero-order valence-electron chi connectivity index (χ0n) is 16.1. The summed E-state index contributed by atoms with van der Waals surface area (Å²) >= 11 is 0. The molecule has 0 aromatic heterocycles. The lowest BCUT2D eigenvalue weighted by atomic mass is 9.91. The van der Waals surface area contributed by atoms with E-state index in [1.54, 1.807) is 20.8 Å². The molecule has 2 saturated carbocycles. The summed E-state index contributed by atoms with van der Waals surface area (Å²) in [4.78, 5) is 15.4. The summed E-state index contributed by atoms with van der Waals surface area (Å²) in [6, 6.07) is 0.649. The fourth-order valence-corrected chi connectivity index (χ4v) is 6.38. The van der Waals surface area contributed by atoms with Gasteiger partial charge < -0.3 is 10.2 Å². The van der Waals surface area contributed by atoms with Crippen molar-refractivity contribution in [2.45, 2.75) is 82.7 Å². The molecular formula is C18H33N3O3S. The van der Waals surface area contributed by atoms with Crippen LogP contribution in [0.2, 0.25) is 0 Å². The molecule has 6 nitrogen and oxygen atoms in total. The molecule has 1 aliphatic heterocycles. The summed E-state index contributed by atoms with van der Waals surface area (Å²) < 4.78 is 26.9. The molecule has 1 saturated heterocycles. The van der Waals surface area contributed by atoms with Gasteiger partial charge in [-0.25, -0.2) is 13.1 Å².